The SMILES string of the molecule is O[C@H](c1cc(-c2ccccc2)nc2ccccc12)[C@@H]1CCCN1. The van der Waals surface area contributed by atoms with Crippen molar-refractivity contribution in [1.82, 2.24) is 10.3 Å². The standard InChI is InChI=1S/C20H20N2O/c23-20(18-11-6-12-21-18)16-13-19(14-7-2-1-3-8-14)22-17-10-5-4-9-15(16)17/h1-5,7-10,13,18,20-21,23H,6,11-12H2/t18-,20+/m0/s1. The van der Waals surface area contributed by atoms with E-state index in [1.54, 1.807) is 0 Å². The van der Waals surface area contributed by atoms with E-state index in [1.165, 1.54) is 0 Å². The summed E-state index contributed by atoms with van der Waals surface area (Å²) >= 11 is 0. The second-order valence-electron chi connectivity index (χ2n) is 6.13. The number of nitrogens with one attached hydrogen (secondary N) is 1. The van der Waals surface area contributed by atoms with Crippen LogP contribution < -0.4 is 5.32 Å². The second-order valence-corrected chi connectivity index (χ2v) is 6.13. The Labute approximate surface area is 136 Å². The Morgan fingerprint density at radius 1 is 1.04 bits per heavy atom. The van der Waals surface area contributed by atoms with Crippen LogP contribution in [0.3, 0.4) is 0 Å². The monoisotopic (exact) mass is 304 g/mol. The third-order valence-electron chi connectivity index (χ3n) is 4.62. The van der Waals surface area contributed by atoms with E-state index >= 15 is 0 Å². The van der Waals surface area contributed by atoms with E-state index in [-0.39, 0.29) is 6.04 Å². The molecule has 0 bridgehead atoms. The lowest BCUT2D eigenvalue weighted by atomic mass is 9.95. The summed E-state index contributed by atoms with van der Waals surface area (Å²) in [6, 6.07) is 20.4. The Morgan fingerprint density at radius 3 is 2.61 bits per heavy atom. The van der Waals surface area contributed by atoms with Gasteiger partial charge in [-0.15, -0.1) is 0 Å². The summed E-state index contributed by atoms with van der Waals surface area (Å²) in [5.41, 5.74) is 3.89. The van der Waals surface area contributed by atoms with E-state index in [9.17, 15) is 5.11 Å². The molecule has 0 spiro atoms. The lowest BCUT2D eigenvalue weighted by Gasteiger charge is -2.21. The molecule has 1 aliphatic rings. The quantitative estimate of drug-likeness (QED) is 0.776. The van der Waals surface area contributed by atoms with Crippen molar-refractivity contribution in [3.05, 3.63) is 66.2 Å². The third kappa shape index (κ3) is 2.74. The Kier molecular flexibility index (Phi) is 3.82. The first kappa shape index (κ1) is 14.4. The number of aliphatic hydroxyl groups excluding tert-OH is 1. The van der Waals surface area contributed by atoms with Crippen molar-refractivity contribution in [3.63, 3.8) is 0 Å². The number of pyridine rings is 1. The largest absolute Gasteiger partial charge is 0.387 e. The van der Waals surface area contributed by atoms with Crippen LogP contribution in [0.15, 0.2) is 60.7 Å². The lowest BCUT2D eigenvalue weighted by molar-refractivity contribution is 0.139. The number of benzene rings is 2. The van der Waals surface area contributed by atoms with E-state index in [0.29, 0.717) is 0 Å². The van der Waals surface area contributed by atoms with Gasteiger partial charge in [0.2, 0.25) is 0 Å². The van der Waals surface area contributed by atoms with Crippen LogP contribution in [-0.2, 0) is 0 Å². The molecule has 2 heterocycles. The van der Waals surface area contributed by atoms with Crippen LogP contribution in [0.25, 0.3) is 22.2 Å². The van der Waals surface area contributed by atoms with E-state index in [1.807, 2.05) is 48.5 Å². The maximum absolute atomic E-state index is 10.9. The molecule has 0 amide bonds. The highest BCUT2D eigenvalue weighted by Crippen LogP contribution is 2.32. The molecule has 4 rings (SSSR count). The average Bonchev–Trinajstić information content (AvgIpc) is 3.15. The van der Waals surface area contributed by atoms with Crippen LogP contribution in [-0.4, -0.2) is 22.7 Å². The first-order valence-corrected chi connectivity index (χ1v) is 8.19. The van der Waals surface area contributed by atoms with Gasteiger partial charge in [0.1, 0.15) is 0 Å². The number of rotatable bonds is 3. The molecule has 2 N–H and O–H groups in total. The first-order valence-electron chi connectivity index (χ1n) is 8.19. The van der Waals surface area contributed by atoms with Crippen molar-refractivity contribution in [1.29, 1.82) is 0 Å². The van der Waals surface area contributed by atoms with Gasteiger partial charge in [-0.1, -0.05) is 48.5 Å². The zero-order valence-corrected chi connectivity index (χ0v) is 12.9. The molecule has 1 fully saturated rings. The minimum absolute atomic E-state index is 0.129. The van der Waals surface area contributed by atoms with Gasteiger partial charge in [-0.05, 0) is 37.1 Å². The van der Waals surface area contributed by atoms with Gasteiger partial charge in [0.15, 0.2) is 0 Å². The number of para-hydroxylation sites is 1. The predicted octanol–water partition coefficient (Wildman–Crippen LogP) is 3.69. The minimum atomic E-state index is -0.507. The summed E-state index contributed by atoms with van der Waals surface area (Å²) in [4.78, 5) is 4.78. The summed E-state index contributed by atoms with van der Waals surface area (Å²) in [7, 11) is 0. The molecule has 1 aliphatic heterocycles. The van der Waals surface area contributed by atoms with E-state index in [0.717, 1.165) is 47.1 Å². The Morgan fingerprint density at radius 2 is 1.83 bits per heavy atom. The molecule has 1 aromatic heterocycles. The van der Waals surface area contributed by atoms with Crippen LogP contribution in [0.5, 0.6) is 0 Å². The summed E-state index contributed by atoms with van der Waals surface area (Å²) in [6.07, 6.45) is 1.63. The highest BCUT2D eigenvalue weighted by molar-refractivity contribution is 5.85. The first-order chi connectivity index (χ1) is 11.3. The van der Waals surface area contributed by atoms with Crippen molar-refractivity contribution >= 4 is 10.9 Å². The zero-order chi connectivity index (χ0) is 15.6. The summed E-state index contributed by atoms with van der Waals surface area (Å²) in [6.45, 7) is 0.982. The second kappa shape index (κ2) is 6.11. The molecule has 3 aromatic rings. The molecule has 23 heavy (non-hydrogen) atoms. The third-order valence-corrected chi connectivity index (χ3v) is 4.62. The zero-order valence-electron chi connectivity index (χ0n) is 12.9. The van der Waals surface area contributed by atoms with Gasteiger partial charge in [-0.25, -0.2) is 4.98 Å². The van der Waals surface area contributed by atoms with Gasteiger partial charge in [-0.3, -0.25) is 0 Å². The number of hydrogen-bond acceptors (Lipinski definition) is 3. The van der Waals surface area contributed by atoms with Crippen molar-refractivity contribution in [3.8, 4) is 11.3 Å². The molecule has 2 atom stereocenters. The maximum atomic E-state index is 10.9. The number of fused-ring (bicyclic) bond motifs is 1. The van der Waals surface area contributed by atoms with Crippen molar-refractivity contribution in [2.45, 2.75) is 25.0 Å². The van der Waals surface area contributed by atoms with Gasteiger partial charge < -0.3 is 10.4 Å². The molecule has 0 aliphatic carbocycles. The topological polar surface area (TPSA) is 45.2 Å². The fourth-order valence-corrected chi connectivity index (χ4v) is 3.40. The maximum Gasteiger partial charge on any atom is 0.0950 e. The minimum Gasteiger partial charge on any atom is -0.387 e. The molecule has 0 radical (unpaired) electrons. The summed E-state index contributed by atoms with van der Waals surface area (Å²) in [5.74, 6) is 0. The van der Waals surface area contributed by atoms with Crippen LogP contribution in [0.1, 0.15) is 24.5 Å². The van der Waals surface area contributed by atoms with E-state index in [4.69, 9.17) is 4.98 Å². The van der Waals surface area contributed by atoms with Gasteiger partial charge in [0.05, 0.1) is 17.3 Å². The summed E-state index contributed by atoms with van der Waals surface area (Å²) < 4.78 is 0. The molecular weight excluding hydrogens is 284 g/mol. The molecule has 1 saturated heterocycles. The Hall–Kier alpha value is -2.23. The van der Waals surface area contributed by atoms with E-state index < -0.39 is 6.10 Å². The fraction of sp³-hybridized carbons (Fsp3) is 0.250. The Balaban J connectivity index is 1.87. The van der Waals surface area contributed by atoms with Crippen LogP contribution in [0, 0.1) is 0 Å². The van der Waals surface area contributed by atoms with Crippen LogP contribution in [0.2, 0.25) is 0 Å². The van der Waals surface area contributed by atoms with Crippen molar-refractivity contribution < 1.29 is 5.11 Å². The molecule has 2 aromatic carbocycles. The van der Waals surface area contributed by atoms with Gasteiger partial charge in [-0.2, -0.15) is 0 Å². The Bertz CT molecular complexity index is 810. The molecule has 3 nitrogen and oxygen atoms in total. The summed E-state index contributed by atoms with van der Waals surface area (Å²) in [5, 5.41) is 15.3. The van der Waals surface area contributed by atoms with Crippen LogP contribution >= 0.6 is 0 Å². The molecule has 3 heteroatoms. The molecular formula is C20H20N2O. The molecule has 0 saturated carbocycles. The fourth-order valence-electron chi connectivity index (χ4n) is 3.40. The normalized spacial score (nSPS) is 19.1. The van der Waals surface area contributed by atoms with Gasteiger partial charge in [0, 0.05) is 17.0 Å². The number of nitrogens with zero attached hydrogens (tertiary/aromatic N) is 1. The van der Waals surface area contributed by atoms with Crippen molar-refractivity contribution in [2.24, 2.45) is 0 Å². The molecule has 0 unspecified atom stereocenters. The molecule has 116 valence electrons. The van der Waals surface area contributed by atoms with Crippen molar-refractivity contribution in [2.75, 3.05) is 6.54 Å². The van der Waals surface area contributed by atoms with Gasteiger partial charge >= 0.3 is 0 Å². The number of hydrogen-bond donors (Lipinski definition) is 2. The highest BCUT2D eigenvalue weighted by Gasteiger charge is 2.26. The average molecular weight is 304 g/mol. The predicted molar refractivity (Wildman–Crippen MR) is 93.2 cm³/mol. The smallest absolute Gasteiger partial charge is 0.0950 e. The lowest BCUT2D eigenvalue weighted by Crippen LogP contribution is -2.28. The van der Waals surface area contributed by atoms with Crippen LogP contribution in [0.4, 0.5) is 0 Å². The number of aromatic nitrogens is 1. The van der Waals surface area contributed by atoms with E-state index in [2.05, 4.69) is 17.4 Å². The number of aliphatic hydroxyl groups is 1. The van der Waals surface area contributed by atoms with Gasteiger partial charge in [0.25, 0.3) is 0 Å². The highest BCUT2D eigenvalue weighted by atomic mass is 16.3.